The van der Waals surface area contributed by atoms with E-state index in [1.807, 2.05) is 20.8 Å². The van der Waals surface area contributed by atoms with E-state index in [0.29, 0.717) is 6.04 Å². The van der Waals surface area contributed by atoms with Crippen LogP contribution in [-0.4, -0.2) is 115 Å². The Kier molecular flexibility index (Phi) is 14.2. The van der Waals surface area contributed by atoms with Gasteiger partial charge in [-0.25, -0.2) is 4.79 Å². The van der Waals surface area contributed by atoms with Crippen LogP contribution < -0.4 is 10.6 Å². The highest BCUT2D eigenvalue weighted by molar-refractivity contribution is 5.68. The SMILES string of the molecule is CC(C)(C)OC(=O)N[C@@H]1CCC[C@H](N2CCN(Cc3ccccc3)CC2)C1.CN[C@@H]1CCC[C@H](N2CCN(Cc3ccccc3)CC2)C1. The minimum Gasteiger partial charge on any atom is -0.444 e. The molecule has 8 nitrogen and oxygen atoms in total. The van der Waals surface area contributed by atoms with Crippen molar-refractivity contribution in [3.63, 3.8) is 0 Å². The highest BCUT2D eigenvalue weighted by Crippen LogP contribution is 2.26. The molecule has 1 amide bonds. The van der Waals surface area contributed by atoms with Crippen molar-refractivity contribution < 1.29 is 9.53 Å². The normalized spacial score (nSPS) is 26.7. The van der Waals surface area contributed by atoms with Crippen LogP contribution in [0.15, 0.2) is 60.7 Å². The monoisotopic (exact) mass is 661 g/mol. The van der Waals surface area contributed by atoms with E-state index in [-0.39, 0.29) is 12.1 Å². The Balaban J connectivity index is 0.000000194. The van der Waals surface area contributed by atoms with Crippen molar-refractivity contribution in [2.75, 3.05) is 59.4 Å². The number of nitrogens with one attached hydrogen (secondary N) is 2. The summed E-state index contributed by atoms with van der Waals surface area (Å²) in [6.45, 7) is 17.3. The summed E-state index contributed by atoms with van der Waals surface area (Å²) in [5, 5.41) is 6.57. The summed E-state index contributed by atoms with van der Waals surface area (Å²) in [5.74, 6) is 0. The van der Waals surface area contributed by atoms with E-state index in [9.17, 15) is 4.79 Å². The molecule has 4 fully saturated rings. The second-order valence-corrected chi connectivity index (χ2v) is 15.6. The van der Waals surface area contributed by atoms with E-state index < -0.39 is 5.60 Å². The van der Waals surface area contributed by atoms with E-state index in [0.717, 1.165) is 64.2 Å². The third-order valence-corrected chi connectivity index (χ3v) is 10.8. The summed E-state index contributed by atoms with van der Waals surface area (Å²) >= 11 is 0. The molecule has 0 radical (unpaired) electrons. The fourth-order valence-electron chi connectivity index (χ4n) is 8.12. The number of hydrogen-bond donors (Lipinski definition) is 2. The van der Waals surface area contributed by atoms with Crippen molar-refractivity contribution in [3.05, 3.63) is 71.8 Å². The van der Waals surface area contributed by atoms with Gasteiger partial charge in [-0.1, -0.05) is 67.1 Å². The molecule has 2 saturated heterocycles. The second kappa shape index (κ2) is 18.5. The summed E-state index contributed by atoms with van der Waals surface area (Å²) in [6.07, 6.45) is 9.73. The first kappa shape index (κ1) is 36.8. The molecule has 2 aromatic carbocycles. The largest absolute Gasteiger partial charge is 0.444 e. The van der Waals surface area contributed by atoms with Crippen LogP contribution in [0, 0.1) is 0 Å². The average Bonchev–Trinajstić information content (AvgIpc) is 3.09. The number of rotatable bonds is 8. The Morgan fingerprint density at radius 1 is 0.667 bits per heavy atom. The van der Waals surface area contributed by atoms with Gasteiger partial charge in [0, 0.05) is 89.6 Å². The number of nitrogens with zero attached hydrogens (tertiary/aromatic N) is 4. The fourth-order valence-corrected chi connectivity index (χ4v) is 8.12. The number of benzene rings is 2. The molecular formula is C40H64N6O2. The molecule has 8 heteroatoms. The van der Waals surface area contributed by atoms with Crippen LogP contribution in [-0.2, 0) is 17.8 Å². The molecule has 6 rings (SSSR count). The summed E-state index contributed by atoms with van der Waals surface area (Å²) in [4.78, 5) is 22.6. The van der Waals surface area contributed by atoms with Crippen molar-refractivity contribution in [1.82, 2.24) is 30.2 Å². The van der Waals surface area contributed by atoms with Gasteiger partial charge in [0.25, 0.3) is 0 Å². The van der Waals surface area contributed by atoms with Crippen molar-refractivity contribution in [1.29, 1.82) is 0 Å². The first-order valence-corrected chi connectivity index (χ1v) is 18.9. The first-order valence-electron chi connectivity index (χ1n) is 18.9. The van der Waals surface area contributed by atoms with Gasteiger partial charge in [0.15, 0.2) is 0 Å². The molecule has 2 N–H and O–H groups in total. The smallest absolute Gasteiger partial charge is 0.407 e. The van der Waals surface area contributed by atoms with Gasteiger partial charge in [-0.3, -0.25) is 19.6 Å². The van der Waals surface area contributed by atoms with Gasteiger partial charge in [0.05, 0.1) is 0 Å². The minimum atomic E-state index is -0.437. The van der Waals surface area contributed by atoms with Crippen LogP contribution in [0.25, 0.3) is 0 Å². The van der Waals surface area contributed by atoms with Crippen LogP contribution in [0.1, 0.15) is 83.3 Å². The van der Waals surface area contributed by atoms with Crippen LogP contribution in [0.5, 0.6) is 0 Å². The van der Waals surface area contributed by atoms with Crippen molar-refractivity contribution in [2.24, 2.45) is 0 Å². The zero-order valence-corrected chi connectivity index (χ0v) is 30.4. The van der Waals surface area contributed by atoms with E-state index >= 15 is 0 Å². The quantitative estimate of drug-likeness (QED) is 0.362. The molecule has 0 bridgehead atoms. The zero-order valence-electron chi connectivity index (χ0n) is 30.4. The van der Waals surface area contributed by atoms with Gasteiger partial charge < -0.3 is 15.4 Å². The molecule has 2 aliphatic carbocycles. The lowest BCUT2D eigenvalue weighted by Crippen LogP contribution is -2.53. The lowest BCUT2D eigenvalue weighted by atomic mass is 9.89. The third kappa shape index (κ3) is 12.1. The Hall–Kier alpha value is -2.49. The third-order valence-electron chi connectivity index (χ3n) is 10.8. The molecule has 0 aromatic heterocycles. The maximum Gasteiger partial charge on any atom is 0.407 e. The first-order chi connectivity index (χ1) is 23.2. The Labute approximate surface area is 291 Å². The average molecular weight is 661 g/mol. The van der Waals surface area contributed by atoms with Gasteiger partial charge in [-0.2, -0.15) is 0 Å². The van der Waals surface area contributed by atoms with Crippen LogP contribution in [0.2, 0.25) is 0 Å². The van der Waals surface area contributed by atoms with Crippen molar-refractivity contribution in [2.45, 2.75) is 115 Å². The second-order valence-electron chi connectivity index (χ2n) is 15.6. The van der Waals surface area contributed by atoms with Crippen LogP contribution >= 0.6 is 0 Å². The lowest BCUT2D eigenvalue weighted by molar-refractivity contribution is 0.0428. The van der Waals surface area contributed by atoms with Gasteiger partial charge in [0.1, 0.15) is 5.60 Å². The number of alkyl carbamates (subject to hydrolysis) is 1. The summed E-state index contributed by atoms with van der Waals surface area (Å²) in [5.41, 5.74) is 2.40. The summed E-state index contributed by atoms with van der Waals surface area (Å²) in [6, 6.07) is 24.0. The molecule has 48 heavy (non-hydrogen) atoms. The molecule has 4 aliphatic rings. The maximum atomic E-state index is 12.1. The van der Waals surface area contributed by atoms with E-state index in [2.05, 4.69) is 97.9 Å². The number of hydrogen-bond acceptors (Lipinski definition) is 7. The van der Waals surface area contributed by atoms with Crippen molar-refractivity contribution in [3.8, 4) is 0 Å². The molecular weight excluding hydrogens is 596 g/mol. The molecule has 4 atom stereocenters. The van der Waals surface area contributed by atoms with E-state index in [1.165, 1.54) is 75.8 Å². The molecule has 0 unspecified atom stereocenters. The Bertz CT molecular complexity index is 1190. The van der Waals surface area contributed by atoms with Crippen molar-refractivity contribution >= 4 is 6.09 Å². The molecule has 266 valence electrons. The number of carbonyl (C=O) groups excluding carboxylic acids is 1. The topological polar surface area (TPSA) is 63.3 Å². The molecule has 2 aromatic rings. The van der Waals surface area contributed by atoms with Gasteiger partial charge in [-0.05, 0) is 83.9 Å². The van der Waals surface area contributed by atoms with E-state index in [4.69, 9.17) is 4.74 Å². The molecule has 2 saturated carbocycles. The highest BCUT2D eigenvalue weighted by atomic mass is 16.6. The van der Waals surface area contributed by atoms with E-state index in [1.54, 1.807) is 0 Å². The summed E-state index contributed by atoms with van der Waals surface area (Å²) in [7, 11) is 2.12. The predicted octanol–water partition coefficient (Wildman–Crippen LogP) is 5.97. The Morgan fingerprint density at radius 3 is 1.54 bits per heavy atom. The van der Waals surface area contributed by atoms with Crippen LogP contribution in [0.3, 0.4) is 0 Å². The number of amides is 1. The maximum absolute atomic E-state index is 12.1. The molecule has 0 spiro atoms. The number of ether oxygens (including phenoxy) is 1. The minimum absolute atomic E-state index is 0.237. The highest BCUT2D eigenvalue weighted by Gasteiger charge is 2.31. The predicted molar refractivity (Wildman–Crippen MR) is 197 cm³/mol. The van der Waals surface area contributed by atoms with Gasteiger partial charge >= 0.3 is 6.09 Å². The number of piperazine rings is 2. The summed E-state index contributed by atoms with van der Waals surface area (Å²) < 4.78 is 5.42. The number of carbonyl (C=O) groups is 1. The fraction of sp³-hybridized carbons (Fsp3) is 0.675. The molecule has 2 aliphatic heterocycles. The van der Waals surface area contributed by atoms with Crippen LogP contribution in [0.4, 0.5) is 4.79 Å². The van der Waals surface area contributed by atoms with Gasteiger partial charge in [0.2, 0.25) is 0 Å². The van der Waals surface area contributed by atoms with Gasteiger partial charge in [-0.15, -0.1) is 0 Å². The lowest BCUT2D eigenvalue weighted by Gasteiger charge is -2.42. The molecule has 2 heterocycles. The standard InChI is InChI=1S/C22H35N3O2.C18H29N3/c1-22(2,3)27-21(26)23-19-10-7-11-20(16-19)25-14-12-24(13-15-25)17-18-8-5-4-6-9-18;1-19-17-8-5-9-18(14-17)21-12-10-20(11-13-21)15-16-6-3-2-4-7-16/h4-6,8-9,19-20H,7,10-17H2,1-3H3,(H,23,26);2-4,6-7,17-19H,5,8-15H2,1H3/t19-,20+;17-,18+/m11/s1. The Morgan fingerprint density at radius 2 is 1.10 bits per heavy atom. The zero-order chi connectivity index (χ0) is 33.8.